The average molecular weight is 238 g/mol. The van der Waals surface area contributed by atoms with Crippen molar-refractivity contribution in [3.63, 3.8) is 0 Å². The van der Waals surface area contributed by atoms with Crippen LogP contribution in [-0.2, 0) is 13.5 Å². The van der Waals surface area contributed by atoms with Crippen molar-refractivity contribution in [3.8, 4) is 0 Å². The quantitative estimate of drug-likeness (QED) is 0.582. The van der Waals surface area contributed by atoms with Gasteiger partial charge in [0.15, 0.2) is 0 Å². The molecule has 2 aromatic heterocycles. The highest BCUT2D eigenvalue weighted by Gasteiger charge is 2.13. The van der Waals surface area contributed by atoms with E-state index in [0.29, 0.717) is 0 Å². The molecule has 0 saturated carbocycles. The zero-order valence-electron chi connectivity index (χ0n) is 9.00. The van der Waals surface area contributed by atoms with Crippen LogP contribution in [0, 0.1) is 0 Å². The van der Waals surface area contributed by atoms with Crippen LogP contribution in [0.2, 0.25) is 0 Å². The van der Waals surface area contributed by atoms with E-state index in [4.69, 9.17) is 5.84 Å². The standard InChI is InChI=1S/C9H14N6S/c1-15-7(4-5-11-15)2-3-8(12-10)9-6-16-14-13-9/h4-6,8,12H,2-3,10H2,1H3. The molecule has 2 heterocycles. The first kappa shape index (κ1) is 11.2. The molecule has 0 aromatic carbocycles. The van der Waals surface area contributed by atoms with Gasteiger partial charge in [0.2, 0.25) is 0 Å². The molecule has 6 nitrogen and oxygen atoms in total. The van der Waals surface area contributed by atoms with Crippen LogP contribution in [0.5, 0.6) is 0 Å². The first-order valence-corrected chi connectivity index (χ1v) is 5.85. The zero-order chi connectivity index (χ0) is 11.4. The number of hydrogen-bond acceptors (Lipinski definition) is 6. The molecule has 3 N–H and O–H groups in total. The van der Waals surface area contributed by atoms with Crippen LogP contribution in [0.1, 0.15) is 23.9 Å². The summed E-state index contributed by atoms with van der Waals surface area (Å²) in [6.45, 7) is 0. The largest absolute Gasteiger partial charge is 0.273 e. The molecule has 0 amide bonds. The van der Waals surface area contributed by atoms with Gasteiger partial charge < -0.3 is 0 Å². The van der Waals surface area contributed by atoms with E-state index in [1.807, 2.05) is 23.2 Å². The van der Waals surface area contributed by atoms with Crippen LogP contribution < -0.4 is 11.3 Å². The van der Waals surface area contributed by atoms with Gasteiger partial charge in [0.05, 0.1) is 11.7 Å². The van der Waals surface area contributed by atoms with Gasteiger partial charge in [-0.15, -0.1) is 5.10 Å². The fourth-order valence-electron chi connectivity index (χ4n) is 1.58. The third-order valence-corrected chi connectivity index (χ3v) is 3.07. The summed E-state index contributed by atoms with van der Waals surface area (Å²) in [4.78, 5) is 0. The van der Waals surface area contributed by atoms with Crippen LogP contribution in [0.25, 0.3) is 0 Å². The molecule has 0 fully saturated rings. The molecule has 0 spiro atoms. The molecule has 16 heavy (non-hydrogen) atoms. The Balaban J connectivity index is 1.96. The fourth-order valence-corrected chi connectivity index (χ4v) is 2.09. The van der Waals surface area contributed by atoms with Crippen LogP contribution in [-0.4, -0.2) is 19.4 Å². The summed E-state index contributed by atoms with van der Waals surface area (Å²) in [5, 5.41) is 10.0. The first-order chi connectivity index (χ1) is 7.81. The lowest BCUT2D eigenvalue weighted by Gasteiger charge is -2.12. The summed E-state index contributed by atoms with van der Waals surface area (Å²) in [6, 6.07) is 2.06. The molecule has 2 aromatic rings. The lowest BCUT2D eigenvalue weighted by molar-refractivity contribution is 0.495. The normalized spacial score (nSPS) is 12.9. The zero-order valence-corrected chi connectivity index (χ0v) is 9.81. The highest BCUT2D eigenvalue weighted by molar-refractivity contribution is 7.03. The summed E-state index contributed by atoms with van der Waals surface area (Å²) in [5.74, 6) is 5.51. The number of hydrogen-bond donors (Lipinski definition) is 2. The van der Waals surface area contributed by atoms with Crippen molar-refractivity contribution in [2.75, 3.05) is 0 Å². The number of nitrogens with one attached hydrogen (secondary N) is 1. The second kappa shape index (κ2) is 5.15. The molecule has 0 aliphatic rings. The molecular formula is C9H14N6S. The second-order valence-electron chi connectivity index (χ2n) is 3.53. The molecule has 0 bridgehead atoms. The van der Waals surface area contributed by atoms with Gasteiger partial charge in [-0.25, -0.2) is 0 Å². The summed E-state index contributed by atoms with van der Waals surface area (Å²) in [7, 11) is 1.94. The Labute approximate surface area is 97.6 Å². The highest BCUT2D eigenvalue weighted by atomic mass is 32.1. The maximum Gasteiger partial charge on any atom is 0.0938 e. The smallest absolute Gasteiger partial charge is 0.0938 e. The van der Waals surface area contributed by atoms with Gasteiger partial charge in [0, 0.05) is 24.3 Å². The van der Waals surface area contributed by atoms with Gasteiger partial charge in [0.25, 0.3) is 0 Å². The Morgan fingerprint density at radius 1 is 1.62 bits per heavy atom. The molecule has 1 atom stereocenters. The minimum Gasteiger partial charge on any atom is -0.273 e. The number of nitrogens with zero attached hydrogens (tertiary/aromatic N) is 4. The molecule has 0 radical (unpaired) electrons. The van der Waals surface area contributed by atoms with Crippen molar-refractivity contribution in [1.29, 1.82) is 0 Å². The van der Waals surface area contributed by atoms with E-state index in [9.17, 15) is 0 Å². The Bertz CT molecular complexity index is 423. The number of hydrazine groups is 1. The average Bonchev–Trinajstić information content (AvgIpc) is 2.92. The molecule has 86 valence electrons. The summed E-state index contributed by atoms with van der Waals surface area (Å²) < 4.78 is 5.70. The van der Waals surface area contributed by atoms with E-state index in [2.05, 4.69) is 20.1 Å². The highest BCUT2D eigenvalue weighted by Crippen LogP contribution is 2.16. The Morgan fingerprint density at radius 3 is 3.06 bits per heavy atom. The van der Waals surface area contributed by atoms with Crippen molar-refractivity contribution < 1.29 is 0 Å². The lowest BCUT2D eigenvalue weighted by atomic mass is 10.1. The fraction of sp³-hybridized carbons (Fsp3) is 0.444. The SMILES string of the molecule is Cn1nccc1CCC(NN)c1csnn1. The van der Waals surface area contributed by atoms with Crippen LogP contribution in [0.4, 0.5) is 0 Å². The summed E-state index contributed by atoms with van der Waals surface area (Å²) in [5.41, 5.74) is 4.84. The second-order valence-corrected chi connectivity index (χ2v) is 4.14. The topological polar surface area (TPSA) is 81.7 Å². The maximum absolute atomic E-state index is 5.51. The summed E-state index contributed by atoms with van der Waals surface area (Å²) >= 11 is 1.34. The Kier molecular flexibility index (Phi) is 3.60. The molecule has 1 unspecified atom stereocenters. The predicted molar refractivity (Wildman–Crippen MR) is 61.5 cm³/mol. The third-order valence-electron chi connectivity index (χ3n) is 2.55. The number of aryl methyl sites for hydroxylation is 2. The van der Waals surface area contributed by atoms with Crippen LogP contribution in [0.15, 0.2) is 17.6 Å². The van der Waals surface area contributed by atoms with E-state index in [1.54, 1.807) is 6.20 Å². The molecule has 2 rings (SSSR count). The van der Waals surface area contributed by atoms with E-state index in [0.717, 1.165) is 18.5 Å². The third kappa shape index (κ3) is 2.43. The minimum atomic E-state index is 0.0497. The monoisotopic (exact) mass is 238 g/mol. The van der Waals surface area contributed by atoms with Crippen LogP contribution >= 0.6 is 11.5 Å². The van der Waals surface area contributed by atoms with Gasteiger partial charge >= 0.3 is 0 Å². The van der Waals surface area contributed by atoms with E-state index in [-0.39, 0.29) is 6.04 Å². The maximum atomic E-state index is 5.51. The van der Waals surface area contributed by atoms with E-state index >= 15 is 0 Å². The van der Waals surface area contributed by atoms with Crippen molar-refractivity contribution in [2.45, 2.75) is 18.9 Å². The summed E-state index contributed by atoms with van der Waals surface area (Å²) in [6.07, 6.45) is 3.58. The van der Waals surface area contributed by atoms with Crippen molar-refractivity contribution in [3.05, 3.63) is 29.0 Å². The van der Waals surface area contributed by atoms with Crippen LogP contribution in [0.3, 0.4) is 0 Å². The van der Waals surface area contributed by atoms with Crippen molar-refractivity contribution >= 4 is 11.5 Å². The minimum absolute atomic E-state index is 0.0497. The van der Waals surface area contributed by atoms with E-state index in [1.165, 1.54) is 17.2 Å². The molecule has 0 aliphatic carbocycles. The molecule has 0 saturated heterocycles. The molecule has 7 heteroatoms. The van der Waals surface area contributed by atoms with E-state index < -0.39 is 0 Å². The van der Waals surface area contributed by atoms with Gasteiger partial charge in [-0.3, -0.25) is 16.0 Å². The molecule has 0 aliphatic heterocycles. The molecular weight excluding hydrogens is 224 g/mol. The van der Waals surface area contributed by atoms with Gasteiger partial charge in [0.1, 0.15) is 0 Å². The Hall–Kier alpha value is -1.31. The first-order valence-electron chi connectivity index (χ1n) is 5.01. The van der Waals surface area contributed by atoms with Gasteiger partial charge in [-0.05, 0) is 30.4 Å². The van der Waals surface area contributed by atoms with Gasteiger partial charge in [-0.2, -0.15) is 5.10 Å². The number of rotatable bonds is 5. The number of nitrogens with two attached hydrogens (primary N) is 1. The number of aromatic nitrogens is 4. The lowest BCUT2D eigenvalue weighted by Crippen LogP contribution is -2.28. The Morgan fingerprint density at radius 2 is 2.50 bits per heavy atom. The van der Waals surface area contributed by atoms with Gasteiger partial charge in [-0.1, -0.05) is 4.49 Å². The van der Waals surface area contributed by atoms with Crippen molar-refractivity contribution in [2.24, 2.45) is 12.9 Å². The van der Waals surface area contributed by atoms with Crippen molar-refractivity contribution in [1.82, 2.24) is 24.8 Å². The predicted octanol–water partition coefficient (Wildman–Crippen LogP) is 0.409.